The van der Waals surface area contributed by atoms with Crippen molar-refractivity contribution in [2.45, 2.75) is 89.8 Å². The van der Waals surface area contributed by atoms with Crippen LogP contribution in [0.3, 0.4) is 0 Å². The van der Waals surface area contributed by atoms with Gasteiger partial charge in [-0.25, -0.2) is 4.98 Å². The van der Waals surface area contributed by atoms with Crippen LogP contribution in [-0.2, 0) is 20.9 Å². The molecule has 14 heteroatoms. The number of nitrogens with zero attached hydrogens (tertiary/aromatic N) is 5. The number of aromatic nitrogens is 2. The molecule has 1 unspecified atom stereocenters. The molecule has 0 radical (unpaired) electrons. The molecule has 0 bridgehead atoms. The second-order valence-corrected chi connectivity index (χ2v) is 14.7. The number of amides is 5. The van der Waals surface area contributed by atoms with Gasteiger partial charge in [0, 0.05) is 81.3 Å². The Labute approximate surface area is 315 Å². The summed E-state index contributed by atoms with van der Waals surface area (Å²) in [5, 5.41) is 12.1. The van der Waals surface area contributed by atoms with E-state index in [0.29, 0.717) is 37.1 Å². The fourth-order valence-corrected chi connectivity index (χ4v) is 7.84. The van der Waals surface area contributed by atoms with E-state index in [-0.39, 0.29) is 29.9 Å². The van der Waals surface area contributed by atoms with Crippen molar-refractivity contribution in [2.24, 2.45) is 0 Å². The quantitative estimate of drug-likeness (QED) is 0.139. The molecule has 4 N–H and O–H groups in total. The summed E-state index contributed by atoms with van der Waals surface area (Å²) in [5.41, 5.74) is 4.43. The number of aryl methyl sites for hydroxylation is 1. The van der Waals surface area contributed by atoms with E-state index in [1.54, 1.807) is 18.2 Å². The molecule has 5 heterocycles. The van der Waals surface area contributed by atoms with E-state index in [9.17, 15) is 24.0 Å². The minimum Gasteiger partial charge on any atom is -0.384 e. The molecular weight excluding hydrogens is 686 g/mol. The first-order valence-electron chi connectivity index (χ1n) is 19.3. The number of rotatable bonds is 14. The highest BCUT2D eigenvalue weighted by Gasteiger charge is 2.45. The molecule has 4 aliphatic rings. The number of hydrogen-bond acceptors (Lipinski definition) is 11. The van der Waals surface area contributed by atoms with Gasteiger partial charge in [0.05, 0.1) is 11.1 Å². The molecule has 3 aromatic rings. The van der Waals surface area contributed by atoms with E-state index in [0.717, 1.165) is 74.8 Å². The van der Waals surface area contributed by atoms with Crippen molar-refractivity contribution in [3.05, 3.63) is 70.9 Å². The van der Waals surface area contributed by atoms with Gasteiger partial charge in [-0.1, -0.05) is 24.6 Å². The third-order valence-electron chi connectivity index (χ3n) is 10.8. The molecule has 4 aliphatic heterocycles. The number of carbonyl (C=O) groups excluding carboxylic acids is 5. The molecule has 284 valence electrons. The lowest BCUT2D eigenvalue weighted by Crippen LogP contribution is -2.54. The predicted molar refractivity (Wildman–Crippen MR) is 205 cm³/mol. The number of anilines is 4. The highest BCUT2D eigenvalue weighted by atomic mass is 16.2. The third kappa shape index (κ3) is 8.54. The molecule has 1 atom stereocenters. The van der Waals surface area contributed by atoms with Gasteiger partial charge in [0.2, 0.25) is 23.7 Å². The Morgan fingerprint density at radius 1 is 0.870 bits per heavy atom. The number of nitrogens with one attached hydrogen (secondary N) is 4. The van der Waals surface area contributed by atoms with E-state index >= 15 is 0 Å². The van der Waals surface area contributed by atoms with E-state index in [4.69, 9.17) is 4.98 Å². The average Bonchev–Trinajstić information content (AvgIpc) is 3.80. The number of fused-ring (bicyclic) bond motifs is 1. The number of hydrogen-bond donors (Lipinski definition) is 4. The van der Waals surface area contributed by atoms with Gasteiger partial charge in [-0.2, -0.15) is 4.98 Å². The van der Waals surface area contributed by atoms with Crippen molar-refractivity contribution in [2.75, 3.05) is 53.2 Å². The van der Waals surface area contributed by atoms with Crippen LogP contribution in [0.2, 0.25) is 0 Å². The fraction of sp³-hybridized carbons (Fsp3) is 0.475. The van der Waals surface area contributed by atoms with Crippen LogP contribution in [0, 0.1) is 6.92 Å². The number of benzene rings is 2. The first-order valence-corrected chi connectivity index (χ1v) is 19.3. The lowest BCUT2D eigenvalue weighted by atomic mass is 10.0. The first-order chi connectivity index (χ1) is 26.2. The lowest BCUT2D eigenvalue weighted by molar-refractivity contribution is -0.136. The van der Waals surface area contributed by atoms with Crippen LogP contribution in [0.1, 0.15) is 96.2 Å². The molecular formula is C40H49N9O5. The summed E-state index contributed by atoms with van der Waals surface area (Å²) in [4.78, 5) is 78.1. The van der Waals surface area contributed by atoms with Crippen LogP contribution in [0.4, 0.5) is 23.1 Å². The second kappa shape index (κ2) is 16.8. The Bertz CT molecular complexity index is 1900. The monoisotopic (exact) mass is 735 g/mol. The summed E-state index contributed by atoms with van der Waals surface area (Å²) >= 11 is 0. The summed E-state index contributed by atoms with van der Waals surface area (Å²) < 4.78 is 0. The van der Waals surface area contributed by atoms with Crippen LogP contribution >= 0.6 is 0 Å². The van der Waals surface area contributed by atoms with Crippen molar-refractivity contribution in [1.29, 1.82) is 0 Å². The Hall–Kier alpha value is -5.37. The topological polar surface area (TPSA) is 169 Å². The number of carbonyl (C=O) groups is 5. The normalized spacial score (nSPS) is 19.0. The van der Waals surface area contributed by atoms with Gasteiger partial charge < -0.3 is 20.4 Å². The summed E-state index contributed by atoms with van der Waals surface area (Å²) in [6.45, 7) is 7.34. The molecule has 3 fully saturated rings. The lowest BCUT2D eigenvalue weighted by Gasteiger charge is -2.33. The second-order valence-electron chi connectivity index (χ2n) is 14.7. The summed E-state index contributed by atoms with van der Waals surface area (Å²) in [5.74, 6) is -1.13. The molecule has 2 aromatic carbocycles. The summed E-state index contributed by atoms with van der Waals surface area (Å²) in [6, 6.07) is 15.3. The minimum absolute atomic E-state index is 0.0685. The van der Waals surface area contributed by atoms with Gasteiger partial charge in [0.25, 0.3) is 11.8 Å². The van der Waals surface area contributed by atoms with Crippen LogP contribution in [-0.4, -0.2) is 89.2 Å². The van der Waals surface area contributed by atoms with Crippen molar-refractivity contribution in [3.8, 4) is 0 Å². The zero-order valence-corrected chi connectivity index (χ0v) is 30.9. The maximum atomic E-state index is 13.3. The van der Waals surface area contributed by atoms with E-state index in [1.165, 1.54) is 24.1 Å². The van der Waals surface area contributed by atoms with E-state index in [2.05, 4.69) is 60.3 Å². The van der Waals surface area contributed by atoms with Crippen LogP contribution in [0.5, 0.6) is 0 Å². The number of imide groups is 2. The Morgan fingerprint density at radius 2 is 1.67 bits per heavy atom. The van der Waals surface area contributed by atoms with E-state index in [1.807, 2.05) is 13.0 Å². The highest BCUT2D eigenvalue weighted by Crippen LogP contribution is 2.32. The van der Waals surface area contributed by atoms with Crippen LogP contribution in [0.15, 0.2) is 48.5 Å². The smallest absolute Gasteiger partial charge is 0.264 e. The van der Waals surface area contributed by atoms with Gasteiger partial charge >= 0.3 is 0 Å². The van der Waals surface area contributed by atoms with Crippen molar-refractivity contribution >= 4 is 52.7 Å². The SMILES string of the molecule is Cc1cc(N2CCC(NCc3cccc(N4CCCC4)c3)CC2)nc(NC(=O)CCCCCNc2cccc3c2C(=O)N(C2CCC(=O)NC2=O)C3=O)n1. The summed E-state index contributed by atoms with van der Waals surface area (Å²) in [6.07, 6.45) is 7.21. The van der Waals surface area contributed by atoms with Gasteiger partial charge in [0.15, 0.2) is 0 Å². The molecule has 0 aliphatic carbocycles. The molecule has 54 heavy (non-hydrogen) atoms. The molecule has 3 saturated heterocycles. The van der Waals surface area contributed by atoms with Crippen molar-refractivity contribution in [1.82, 2.24) is 25.5 Å². The number of piperidine rings is 2. The van der Waals surface area contributed by atoms with Crippen molar-refractivity contribution < 1.29 is 24.0 Å². The zero-order valence-electron chi connectivity index (χ0n) is 30.9. The molecule has 0 saturated carbocycles. The standard InChI is InChI=1S/C40H49N9O5/c1-26-23-33(48-21-16-28(17-22-48)42-25-27-9-7-10-29(24-27)47-19-5-6-20-47)44-40(43-26)46-34(50)13-3-2-4-18-41-31-12-8-11-30-36(31)39(54)49(38(30)53)32-14-15-35(51)45-37(32)52/h7-12,23-24,28,32,41-42H,2-6,13-22,25H2,1H3,(H,45,51,52)(H,43,44,46,50). The number of unbranched alkanes of at least 4 members (excludes halogenated alkanes) is 2. The Kier molecular flexibility index (Phi) is 11.5. The van der Waals surface area contributed by atoms with Gasteiger partial charge in [-0.05, 0) is 81.7 Å². The molecule has 14 nitrogen and oxygen atoms in total. The van der Waals surface area contributed by atoms with E-state index < -0.39 is 29.7 Å². The molecule has 5 amide bonds. The Morgan fingerprint density at radius 3 is 2.46 bits per heavy atom. The highest BCUT2D eigenvalue weighted by molar-refractivity contribution is 6.25. The molecule has 7 rings (SSSR count). The first kappa shape index (κ1) is 37.0. The fourth-order valence-electron chi connectivity index (χ4n) is 7.84. The van der Waals surface area contributed by atoms with Gasteiger partial charge in [0.1, 0.15) is 11.9 Å². The average molecular weight is 736 g/mol. The maximum Gasteiger partial charge on any atom is 0.264 e. The van der Waals surface area contributed by atoms with Gasteiger partial charge in [-0.15, -0.1) is 0 Å². The zero-order chi connectivity index (χ0) is 37.6. The third-order valence-corrected chi connectivity index (χ3v) is 10.8. The predicted octanol–water partition coefficient (Wildman–Crippen LogP) is 4.16. The molecule has 1 aromatic heterocycles. The molecule has 0 spiro atoms. The van der Waals surface area contributed by atoms with Gasteiger partial charge in [-0.3, -0.25) is 39.5 Å². The van der Waals surface area contributed by atoms with Crippen LogP contribution < -0.4 is 31.1 Å². The minimum atomic E-state index is -1.01. The summed E-state index contributed by atoms with van der Waals surface area (Å²) in [7, 11) is 0. The largest absolute Gasteiger partial charge is 0.384 e. The maximum absolute atomic E-state index is 13.3. The van der Waals surface area contributed by atoms with Crippen molar-refractivity contribution in [3.63, 3.8) is 0 Å². The van der Waals surface area contributed by atoms with Crippen LogP contribution in [0.25, 0.3) is 0 Å². The Balaban J connectivity index is 0.824.